The molecule has 1 aromatic heterocycles. The monoisotopic (exact) mass is 343 g/mol. The molecule has 4 nitrogen and oxygen atoms in total. The van der Waals surface area contributed by atoms with Crippen LogP contribution in [0.5, 0.6) is 0 Å². The third kappa shape index (κ3) is 5.08. The van der Waals surface area contributed by atoms with Gasteiger partial charge in [-0.05, 0) is 43.2 Å². The summed E-state index contributed by atoms with van der Waals surface area (Å²) in [5.41, 5.74) is 3.24. The highest BCUT2D eigenvalue weighted by molar-refractivity contribution is 5.16. The van der Waals surface area contributed by atoms with Gasteiger partial charge in [-0.2, -0.15) is 0 Å². The lowest BCUT2D eigenvalue weighted by Crippen LogP contribution is -2.52. The molecule has 0 saturated carbocycles. The summed E-state index contributed by atoms with van der Waals surface area (Å²) in [7, 11) is 0. The van der Waals surface area contributed by atoms with Crippen LogP contribution in [0.3, 0.4) is 0 Å². The molecule has 0 radical (unpaired) electrons. The minimum absolute atomic E-state index is 0.182. The average Bonchev–Trinajstić information content (AvgIpc) is 2.59. The number of benzene rings is 1. The van der Waals surface area contributed by atoms with Crippen LogP contribution in [0.25, 0.3) is 0 Å². The molecule has 25 heavy (non-hydrogen) atoms. The normalized spacial score (nSPS) is 19.2. The van der Waals surface area contributed by atoms with Crippen molar-refractivity contribution in [2.24, 2.45) is 0 Å². The molecule has 1 atom stereocenters. The Kier molecular flexibility index (Phi) is 6.13. The molecule has 1 aliphatic heterocycles. The van der Waals surface area contributed by atoms with E-state index in [0.717, 1.165) is 56.1 Å². The Morgan fingerprint density at radius 3 is 2.64 bits per heavy atom. The lowest BCUT2D eigenvalue weighted by atomic mass is 10.1. The predicted molar refractivity (Wildman–Crippen MR) is 96.6 cm³/mol. The topological polar surface area (TPSA) is 39.6 Å². The Morgan fingerprint density at radius 2 is 1.92 bits per heavy atom. The molecule has 0 spiro atoms. The largest absolute Gasteiger partial charge is 0.396 e. The van der Waals surface area contributed by atoms with Crippen molar-refractivity contribution in [3.8, 4) is 0 Å². The summed E-state index contributed by atoms with van der Waals surface area (Å²) in [4.78, 5) is 9.39. The molecule has 2 heterocycles. The molecule has 0 amide bonds. The fourth-order valence-corrected chi connectivity index (χ4v) is 3.47. The summed E-state index contributed by atoms with van der Waals surface area (Å²) in [5.74, 6) is -0.203. The quantitative estimate of drug-likeness (QED) is 0.875. The number of hydrogen-bond donors (Lipinski definition) is 1. The molecule has 3 rings (SSSR count). The first-order valence-electron chi connectivity index (χ1n) is 8.88. The molecule has 1 N–H and O–H groups in total. The van der Waals surface area contributed by atoms with Gasteiger partial charge < -0.3 is 5.11 Å². The van der Waals surface area contributed by atoms with Crippen molar-refractivity contribution in [3.05, 3.63) is 65.2 Å². The highest BCUT2D eigenvalue weighted by Gasteiger charge is 2.26. The van der Waals surface area contributed by atoms with Gasteiger partial charge in [-0.25, -0.2) is 4.39 Å². The van der Waals surface area contributed by atoms with Gasteiger partial charge in [0.25, 0.3) is 0 Å². The van der Waals surface area contributed by atoms with Crippen molar-refractivity contribution >= 4 is 0 Å². The van der Waals surface area contributed by atoms with E-state index in [4.69, 9.17) is 0 Å². The van der Waals surface area contributed by atoms with Crippen LogP contribution < -0.4 is 0 Å². The van der Waals surface area contributed by atoms with E-state index < -0.39 is 0 Å². The zero-order valence-electron chi connectivity index (χ0n) is 14.7. The maximum absolute atomic E-state index is 13.1. The first-order valence-corrected chi connectivity index (χ1v) is 8.88. The number of hydrogen-bond acceptors (Lipinski definition) is 4. The smallest absolute Gasteiger partial charge is 0.123 e. The SMILES string of the molecule is Cc1cccc(CN2CCN(Cc3ccc(F)cc3)[C@@H](CCO)C2)n1. The maximum atomic E-state index is 13.1. The number of aromatic nitrogens is 1. The summed E-state index contributed by atoms with van der Waals surface area (Å²) in [6, 6.07) is 13.1. The van der Waals surface area contributed by atoms with Crippen LogP contribution in [-0.2, 0) is 13.1 Å². The van der Waals surface area contributed by atoms with E-state index in [9.17, 15) is 9.50 Å². The molecule has 0 bridgehead atoms. The van der Waals surface area contributed by atoms with E-state index >= 15 is 0 Å². The fraction of sp³-hybridized carbons (Fsp3) is 0.450. The van der Waals surface area contributed by atoms with Gasteiger partial charge in [0.1, 0.15) is 5.82 Å². The number of piperazine rings is 1. The number of nitrogens with zero attached hydrogens (tertiary/aromatic N) is 3. The molecule has 1 aromatic carbocycles. The second-order valence-corrected chi connectivity index (χ2v) is 6.77. The number of rotatable bonds is 6. The van der Waals surface area contributed by atoms with Gasteiger partial charge in [-0.15, -0.1) is 0 Å². The molecular formula is C20H26FN3O. The Morgan fingerprint density at radius 1 is 1.12 bits per heavy atom. The molecule has 2 aromatic rings. The molecule has 1 saturated heterocycles. The third-order valence-corrected chi connectivity index (χ3v) is 4.78. The van der Waals surface area contributed by atoms with E-state index in [0.29, 0.717) is 6.04 Å². The van der Waals surface area contributed by atoms with Gasteiger partial charge >= 0.3 is 0 Å². The highest BCUT2D eigenvalue weighted by Crippen LogP contribution is 2.18. The van der Waals surface area contributed by atoms with Crippen LogP contribution in [0.2, 0.25) is 0 Å². The average molecular weight is 343 g/mol. The summed E-state index contributed by atoms with van der Waals surface area (Å²) >= 11 is 0. The Hall–Kier alpha value is -1.82. The first kappa shape index (κ1) is 18.0. The van der Waals surface area contributed by atoms with Crippen LogP contribution >= 0.6 is 0 Å². The highest BCUT2D eigenvalue weighted by atomic mass is 19.1. The molecular weight excluding hydrogens is 317 g/mol. The van der Waals surface area contributed by atoms with E-state index in [1.165, 1.54) is 12.1 Å². The van der Waals surface area contributed by atoms with Crippen molar-refractivity contribution in [3.63, 3.8) is 0 Å². The van der Waals surface area contributed by atoms with Gasteiger partial charge in [0, 0.05) is 51.1 Å². The van der Waals surface area contributed by atoms with Crippen LogP contribution in [0, 0.1) is 12.7 Å². The van der Waals surface area contributed by atoms with E-state index in [1.54, 1.807) is 0 Å². The number of pyridine rings is 1. The first-order chi connectivity index (χ1) is 12.1. The molecule has 1 aliphatic rings. The minimum atomic E-state index is -0.203. The number of aryl methyl sites for hydroxylation is 1. The van der Waals surface area contributed by atoms with Crippen molar-refractivity contribution in [1.82, 2.24) is 14.8 Å². The molecule has 5 heteroatoms. The van der Waals surface area contributed by atoms with Gasteiger partial charge in [0.15, 0.2) is 0 Å². The second-order valence-electron chi connectivity index (χ2n) is 6.77. The lowest BCUT2D eigenvalue weighted by molar-refractivity contribution is 0.0494. The van der Waals surface area contributed by atoms with Gasteiger partial charge in [0.2, 0.25) is 0 Å². The Balaban J connectivity index is 1.62. The molecule has 134 valence electrons. The van der Waals surface area contributed by atoms with Crippen LogP contribution in [-0.4, -0.2) is 52.2 Å². The Labute approximate surface area is 148 Å². The fourth-order valence-electron chi connectivity index (χ4n) is 3.47. The zero-order valence-corrected chi connectivity index (χ0v) is 14.7. The second kappa shape index (κ2) is 8.52. The zero-order chi connectivity index (χ0) is 17.6. The van der Waals surface area contributed by atoms with Crippen LogP contribution in [0.4, 0.5) is 4.39 Å². The number of aliphatic hydroxyl groups excluding tert-OH is 1. The summed E-state index contributed by atoms with van der Waals surface area (Å²) < 4.78 is 13.1. The third-order valence-electron chi connectivity index (χ3n) is 4.78. The summed E-state index contributed by atoms with van der Waals surface area (Å²) in [5, 5.41) is 9.44. The number of aliphatic hydroxyl groups is 1. The lowest BCUT2D eigenvalue weighted by Gasteiger charge is -2.41. The van der Waals surface area contributed by atoms with Crippen molar-refractivity contribution in [2.75, 3.05) is 26.2 Å². The Bertz CT molecular complexity index is 677. The number of halogens is 1. The van der Waals surface area contributed by atoms with E-state index in [1.807, 2.05) is 31.2 Å². The molecule has 1 fully saturated rings. The summed E-state index contributed by atoms with van der Waals surface area (Å²) in [6.07, 6.45) is 0.749. The van der Waals surface area contributed by atoms with Gasteiger partial charge in [-0.1, -0.05) is 18.2 Å². The van der Waals surface area contributed by atoms with Crippen LogP contribution in [0.15, 0.2) is 42.5 Å². The van der Waals surface area contributed by atoms with Crippen molar-refractivity contribution in [2.45, 2.75) is 32.5 Å². The van der Waals surface area contributed by atoms with E-state index in [2.05, 4.69) is 20.9 Å². The van der Waals surface area contributed by atoms with Crippen LogP contribution in [0.1, 0.15) is 23.4 Å². The molecule has 0 unspecified atom stereocenters. The maximum Gasteiger partial charge on any atom is 0.123 e. The van der Waals surface area contributed by atoms with E-state index in [-0.39, 0.29) is 12.4 Å². The minimum Gasteiger partial charge on any atom is -0.396 e. The molecule has 0 aliphatic carbocycles. The predicted octanol–water partition coefficient (Wildman–Crippen LogP) is 2.60. The van der Waals surface area contributed by atoms with Crippen molar-refractivity contribution in [1.29, 1.82) is 0 Å². The van der Waals surface area contributed by atoms with Crippen molar-refractivity contribution < 1.29 is 9.50 Å². The van der Waals surface area contributed by atoms with Gasteiger partial charge in [0.05, 0.1) is 5.69 Å². The van der Waals surface area contributed by atoms with Gasteiger partial charge in [-0.3, -0.25) is 14.8 Å². The summed E-state index contributed by atoms with van der Waals surface area (Å²) in [6.45, 7) is 6.65. The standard InChI is InChI=1S/C20H26FN3O/c1-16-3-2-4-19(22-16)14-23-10-11-24(20(15-23)9-12-25)13-17-5-7-18(21)8-6-17/h2-8,20,25H,9-15H2,1H3/t20-/m0/s1.